The van der Waals surface area contributed by atoms with Crippen molar-refractivity contribution in [3.63, 3.8) is 0 Å². The molecule has 0 bridgehead atoms. The second-order valence-corrected chi connectivity index (χ2v) is 11.3. The van der Waals surface area contributed by atoms with Crippen molar-refractivity contribution in [1.29, 1.82) is 0 Å². The Kier molecular flexibility index (Phi) is 4.07. The van der Waals surface area contributed by atoms with Crippen LogP contribution in [0.5, 0.6) is 0 Å². The third-order valence-electron chi connectivity index (χ3n) is 10.5. The van der Waals surface area contributed by atoms with Crippen LogP contribution in [0.1, 0.15) is 65.7 Å². The van der Waals surface area contributed by atoms with Crippen LogP contribution in [0.3, 0.4) is 0 Å². The molecular formula is C24H35FO5. The van der Waals surface area contributed by atoms with E-state index in [1.807, 2.05) is 0 Å². The Balaban J connectivity index is 1.48. The highest BCUT2D eigenvalue weighted by Gasteiger charge is 2.81. The second kappa shape index (κ2) is 6.07. The number of aliphatic hydroxyl groups excluding tert-OH is 1. The van der Waals surface area contributed by atoms with Crippen molar-refractivity contribution in [2.24, 2.45) is 28.6 Å². The highest BCUT2D eigenvalue weighted by molar-refractivity contribution is 5.33. The van der Waals surface area contributed by atoms with E-state index in [0.29, 0.717) is 13.0 Å². The van der Waals surface area contributed by atoms with Gasteiger partial charge in [-0.05, 0) is 56.8 Å². The fraction of sp³-hybridized carbons (Fsp3) is 0.917. The first-order valence-electron chi connectivity index (χ1n) is 11.8. The van der Waals surface area contributed by atoms with E-state index in [9.17, 15) is 5.11 Å². The first-order chi connectivity index (χ1) is 14.3. The van der Waals surface area contributed by atoms with Gasteiger partial charge in [0.2, 0.25) is 5.79 Å². The van der Waals surface area contributed by atoms with Crippen LogP contribution in [-0.4, -0.2) is 48.5 Å². The van der Waals surface area contributed by atoms with Gasteiger partial charge in [-0.2, -0.15) is 0 Å². The highest BCUT2D eigenvalue weighted by atomic mass is 19.1. The lowest BCUT2D eigenvalue weighted by atomic mass is 9.43. The number of halogens is 1. The van der Waals surface area contributed by atoms with Crippen molar-refractivity contribution in [3.8, 4) is 0 Å². The first-order valence-corrected chi connectivity index (χ1v) is 11.8. The van der Waals surface area contributed by atoms with Crippen molar-refractivity contribution >= 4 is 0 Å². The molecule has 0 aromatic carbocycles. The SMILES string of the molecule is C[C@@H]1C[C@H]2[C@@H]3CCC4=CCCC[C@]4(C)[C@@]3(F)[C@@H](O)C[C@]2(C)[C@]12OCOC21COCO1. The molecule has 30 heavy (non-hydrogen) atoms. The van der Waals surface area contributed by atoms with E-state index < -0.39 is 34.0 Å². The Bertz CT molecular complexity index is 774. The van der Waals surface area contributed by atoms with E-state index >= 15 is 4.39 Å². The van der Waals surface area contributed by atoms with Crippen molar-refractivity contribution in [2.45, 2.75) is 88.9 Å². The fourth-order valence-corrected chi connectivity index (χ4v) is 9.28. The minimum atomic E-state index is -1.59. The molecule has 6 aliphatic rings. The maximum absolute atomic E-state index is 17.3. The third kappa shape index (κ3) is 1.95. The van der Waals surface area contributed by atoms with Gasteiger partial charge in [0.25, 0.3) is 0 Å². The van der Waals surface area contributed by atoms with Gasteiger partial charge in [-0.1, -0.05) is 32.4 Å². The predicted molar refractivity (Wildman–Crippen MR) is 107 cm³/mol. The number of rotatable bonds is 0. The zero-order valence-corrected chi connectivity index (χ0v) is 18.4. The Morgan fingerprint density at radius 1 is 1.13 bits per heavy atom. The zero-order valence-electron chi connectivity index (χ0n) is 18.4. The van der Waals surface area contributed by atoms with Gasteiger partial charge in [-0.3, -0.25) is 0 Å². The Morgan fingerprint density at radius 3 is 2.70 bits per heavy atom. The molecular weight excluding hydrogens is 387 g/mol. The number of aliphatic hydroxyl groups is 1. The summed E-state index contributed by atoms with van der Waals surface area (Å²) in [5.41, 5.74) is -2.09. The average Bonchev–Trinajstić information content (AvgIpc) is 3.39. The molecule has 2 spiro atoms. The van der Waals surface area contributed by atoms with Crippen LogP contribution in [0.25, 0.3) is 0 Å². The molecule has 5 nitrogen and oxygen atoms in total. The van der Waals surface area contributed by atoms with Crippen LogP contribution < -0.4 is 0 Å². The molecule has 4 aliphatic carbocycles. The molecule has 0 amide bonds. The van der Waals surface area contributed by atoms with Gasteiger partial charge in [0.05, 0.1) is 6.10 Å². The largest absolute Gasteiger partial charge is 0.390 e. The quantitative estimate of drug-likeness (QED) is 0.596. The van der Waals surface area contributed by atoms with Crippen LogP contribution in [0.2, 0.25) is 0 Å². The van der Waals surface area contributed by atoms with Gasteiger partial charge in [0.1, 0.15) is 17.9 Å². The van der Waals surface area contributed by atoms with Crippen molar-refractivity contribution in [1.82, 2.24) is 0 Å². The summed E-state index contributed by atoms with van der Waals surface area (Å²) in [4.78, 5) is 0. The normalized spacial score (nSPS) is 59.8. The lowest BCUT2D eigenvalue weighted by Crippen LogP contribution is -2.71. The monoisotopic (exact) mass is 422 g/mol. The minimum absolute atomic E-state index is 0.115. The van der Waals surface area contributed by atoms with Crippen molar-refractivity contribution in [3.05, 3.63) is 11.6 Å². The van der Waals surface area contributed by atoms with E-state index in [1.54, 1.807) is 0 Å². The Hall–Kier alpha value is -0.530. The van der Waals surface area contributed by atoms with E-state index in [2.05, 4.69) is 26.8 Å². The molecule has 2 heterocycles. The molecule has 168 valence electrons. The smallest absolute Gasteiger partial charge is 0.227 e. The van der Waals surface area contributed by atoms with Gasteiger partial charge in [0.15, 0.2) is 13.6 Å². The number of fused-ring (bicyclic) bond motifs is 7. The van der Waals surface area contributed by atoms with Gasteiger partial charge < -0.3 is 24.1 Å². The molecule has 2 saturated heterocycles. The number of hydrogen-bond acceptors (Lipinski definition) is 5. The van der Waals surface area contributed by atoms with Gasteiger partial charge >= 0.3 is 0 Å². The van der Waals surface area contributed by atoms with Crippen LogP contribution in [0, 0.1) is 28.6 Å². The van der Waals surface area contributed by atoms with Crippen molar-refractivity contribution < 1.29 is 28.4 Å². The van der Waals surface area contributed by atoms with Gasteiger partial charge in [-0.25, -0.2) is 4.39 Å². The number of allylic oxidation sites excluding steroid dienone is 2. The Labute approximate surface area is 178 Å². The second-order valence-electron chi connectivity index (χ2n) is 11.3. The molecule has 6 rings (SSSR count). The van der Waals surface area contributed by atoms with E-state index in [0.717, 1.165) is 38.5 Å². The zero-order chi connectivity index (χ0) is 21.0. The maximum Gasteiger partial charge on any atom is 0.227 e. The topological polar surface area (TPSA) is 57.2 Å². The molecule has 1 N–H and O–H groups in total. The lowest BCUT2D eigenvalue weighted by Gasteiger charge is -2.64. The maximum atomic E-state index is 17.3. The van der Waals surface area contributed by atoms with Gasteiger partial charge in [-0.15, -0.1) is 0 Å². The molecule has 0 radical (unpaired) electrons. The summed E-state index contributed by atoms with van der Waals surface area (Å²) in [6, 6.07) is 0. The average molecular weight is 423 g/mol. The van der Waals surface area contributed by atoms with Crippen LogP contribution in [-0.2, 0) is 18.9 Å². The van der Waals surface area contributed by atoms with Crippen LogP contribution in [0.4, 0.5) is 4.39 Å². The molecule has 2 aliphatic heterocycles. The minimum Gasteiger partial charge on any atom is -0.390 e. The predicted octanol–water partition coefficient (Wildman–Crippen LogP) is 4.09. The van der Waals surface area contributed by atoms with Gasteiger partial charge in [0, 0.05) is 16.7 Å². The summed E-state index contributed by atoms with van der Waals surface area (Å²) in [7, 11) is 0. The molecule has 0 aromatic rings. The third-order valence-corrected chi connectivity index (χ3v) is 10.5. The lowest BCUT2D eigenvalue weighted by molar-refractivity contribution is -0.280. The summed E-state index contributed by atoms with van der Waals surface area (Å²) < 4.78 is 41.5. The number of ether oxygens (including phenoxy) is 4. The standard InChI is InChI=1S/C24H35FO5/c1-15-10-18-17-8-7-16-6-4-5-9-20(16,2)23(17,25)19(26)11-21(18,3)24(15)22(29-14-30-24)12-27-13-28-22/h6,15,17-19,26H,4-5,7-14H2,1-3H3/t15-,17+,18+,19+,20+,21+,22?,23+,24-/m1/s1. The van der Waals surface area contributed by atoms with Crippen molar-refractivity contribution in [2.75, 3.05) is 20.2 Å². The highest BCUT2D eigenvalue weighted by Crippen LogP contribution is 2.74. The summed E-state index contributed by atoms with van der Waals surface area (Å²) >= 11 is 0. The summed E-state index contributed by atoms with van der Waals surface area (Å²) in [5, 5.41) is 11.6. The molecule has 6 heteroatoms. The first kappa shape index (κ1) is 20.1. The molecule has 5 fully saturated rings. The Morgan fingerprint density at radius 2 is 1.93 bits per heavy atom. The summed E-state index contributed by atoms with van der Waals surface area (Å²) in [5.74, 6) is -0.899. The number of hydrogen-bond donors (Lipinski definition) is 1. The summed E-state index contributed by atoms with van der Waals surface area (Å²) in [6.45, 7) is 7.12. The molecule has 0 aromatic heterocycles. The summed E-state index contributed by atoms with van der Waals surface area (Å²) in [6.07, 6.45) is 7.06. The molecule has 3 saturated carbocycles. The van der Waals surface area contributed by atoms with E-state index in [1.165, 1.54) is 5.57 Å². The fourth-order valence-electron chi connectivity index (χ4n) is 9.28. The molecule has 1 unspecified atom stereocenters. The van der Waals surface area contributed by atoms with Crippen LogP contribution >= 0.6 is 0 Å². The molecule has 9 atom stereocenters. The van der Waals surface area contributed by atoms with E-state index in [4.69, 9.17) is 18.9 Å². The van der Waals surface area contributed by atoms with Crippen LogP contribution in [0.15, 0.2) is 11.6 Å². The van der Waals surface area contributed by atoms with E-state index in [-0.39, 0.29) is 31.3 Å². The number of alkyl halides is 1.